The van der Waals surface area contributed by atoms with Gasteiger partial charge in [0.15, 0.2) is 6.29 Å². The molecule has 0 amide bonds. The van der Waals surface area contributed by atoms with Crippen LogP contribution in [0.1, 0.15) is 16.1 Å². The molecule has 1 aromatic heterocycles. The summed E-state index contributed by atoms with van der Waals surface area (Å²) in [6.45, 7) is 0. The van der Waals surface area contributed by atoms with Crippen molar-refractivity contribution in [1.82, 2.24) is 4.98 Å². The van der Waals surface area contributed by atoms with Gasteiger partial charge >= 0.3 is 6.18 Å². The van der Waals surface area contributed by atoms with Crippen LogP contribution < -0.4 is 4.74 Å². The number of benzene rings is 1. The largest absolute Gasteiger partial charge is 0.456 e. The molecule has 0 saturated carbocycles. The predicted octanol–water partition coefficient (Wildman–Crippen LogP) is 3.84. The highest BCUT2D eigenvalue weighted by Gasteiger charge is 2.32. The van der Waals surface area contributed by atoms with E-state index < -0.39 is 17.7 Å². The summed E-state index contributed by atoms with van der Waals surface area (Å²) in [5.74, 6) is -0.705. The molecule has 0 aliphatic rings. The third-order valence-electron chi connectivity index (χ3n) is 2.36. The second-order valence-corrected chi connectivity index (χ2v) is 3.78. The summed E-state index contributed by atoms with van der Waals surface area (Å²) in [6, 6.07) is 5.31. The van der Waals surface area contributed by atoms with Crippen molar-refractivity contribution in [2.45, 2.75) is 6.18 Å². The van der Waals surface area contributed by atoms with Crippen LogP contribution in [0.5, 0.6) is 11.5 Å². The minimum absolute atomic E-state index is 0.0243. The molecule has 3 nitrogen and oxygen atoms in total. The fraction of sp³-hybridized carbons (Fsp3) is 0.0769. The van der Waals surface area contributed by atoms with Gasteiger partial charge in [0.1, 0.15) is 23.0 Å². The standard InChI is InChI=1S/C13H7F4NO2/c14-11-5-9(2-1-8(11)7-19)20-10-3-4-12(18-6-10)13(15,16)17/h1-7H. The number of hydrogen-bond acceptors (Lipinski definition) is 3. The molecule has 1 aromatic carbocycles. The number of aromatic nitrogens is 1. The van der Waals surface area contributed by atoms with E-state index in [9.17, 15) is 22.4 Å². The highest BCUT2D eigenvalue weighted by molar-refractivity contribution is 5.75. The van der Waals surface area contributed by atoms with E-state index in [1.165, 1.54) is 12.1 Å². The highest BCUT2D eigenvalue weighted by atomic mass is 19.4. The first-order valence-electron chi connectivity index (χ1n) is 5.36. The highest BCUT2D eigenvalue weighted by Crippen LogP contribution is 2.29. The summed E-state index contributed by atoms with van der Waals surface area (Å²) in [7, 11) is 0. The van der Waals surface area contributed by atoms with Gasteiger partial charge in [-0.15, -0.1) is 0 Å². The molecular weight excluding hydrogens is 278 g/mol. The Kier molecular flexibility index (Phi) is 3.69. The quantitative estimate of drug-likeness (QED) is 0.635. The Morgan fingerprint density at radius 1 is 1.10 bits per heavy atom. The Bertz CT molecular complexity index is 623. The maximum absolute atomic E-state index is 13.3. The monoisotopic (exact) mass is 285 g/mol. The van der Waals surface area contributed by atoms with Crippen molar-refractivity contribution in [2.75, 3.05) is 0 Å². The molecular formula is C13H7F4NO2. The number of aldehydes is 1. The average molecular weight is 285 g/mol. The summed E-state index contributed by atoms with van der Waals surface area (Å²) in [5.41, 5.74) is -1.18. The zero-order valence-electron chi connectivity index (χ0n) is 9.82. The number of halogens is 4. The van der Waals surface area contributed by atoms with E-state index in [0.29, 0.717) is 6.29 Å². The lowest BCUT2D eigenvalue weighted by atomic mass is 10.2. The van der Waals surface area contributed by atoms with Crippen molar-refractivity contribution in [3.63, 3.8) is 0 Å². The Labute approximate surface area is 110 Å². The molecule has 0 saturated heterocycles. The number of rotatable bonds is 3. The maximum atomic E-state index is 13.3. The van der Waals surface area contributed by atoms with Gasteiger partial charge in [-0.2, -0.15) is 13.2 Å². The molecule has 0 atom stereocenters. The maximum Gasteiger partial charge on any atom is 0.433 e. The minimum Gasteiger partial charge on any atom is -0.456 e. The number of alkyl halides is 3. The minimum atomic E-state index is -4.53. The second-order valence-electron chi connectivity index (χ2n) is 3.78. The van der Waals surface area contributed by atoms with Crippen LogP contribution in [-0.4, -0.2) is 11.3 Å². The van der Waals surface area contributed by atoms with Crippen molar-refractivity contribution in [1.29, 1.82) is 0 Å². The second kappa shape index (κ2) is 5.28. The van der Waals surface area contributed by atoms with Crippen molar-refractivity contribution in [3.8, 4) is 11.5 Å². The third-order valence-corrected chi connectivity index (χ3v) is 2.36. The van der Waals surface area contributed by atoms with E-state index in [4.69, 9.17) is 4.74 Å². The van der Waals surface area contributed by atoms with Crippen molar-refractivity contribution in [2.24, 2.45) is 0 Å². The Morgan fingerprint density at radius 2 is 1.80 bits per heavy atom. The first kappa shape index (κ1) is 14.0. The van der Waals surface area contributed by atoms with Crippen LogP contribution in [0.25, 0.3) is 0 Å². The van der Waals surface area contributed by atoms with E-state index in [-0.39, 0.29) is 17.1 Å². The molecule has 20 heavy (non-hydrogen) atoms. The molecule has 0 fully saturated rings. The molecule has 0 bridgehead atoms. The molecule has 2 rings (SSSR count). The molecule has 0 aliphatic heterocycles. The van der Waals surface area contributed by atoms with Gasteiger partial charge < -0.3 is 4.74 Å². The van der Waals surface area contributed by atoms with E-state index in [1.807, 2.05) is 0 Å². The Hall–Kier alpha value is -2.44. The van der Waals surface area contributed by atoms with E-state index in [0.717, 1.165) is 24.4 Å². The molecule has 0 spiro atoms. The summed E-state index contributed by atoms with van der Waals surface area (Å²) in [5, 5.41) is 0. The van der Waals surface area contributed by atoms with Crippen LogP contribution in [0, 0.1) is 5.82 Å². The summed E-state index contributed by atoms with van der Waals surface area (Å²) < 4.78 is 55.3. The normalized spacial score (nSPS) is 11.2. The number of hydrogen-bond donors (Lipinski definition) is 0. The lowest BCUT2D eigenvalue weighted by Gasteiger charge is -2.08. The Balaban J connectivity index is 2.18. The van der Waals surface area contributed by atoms with E-state index in [1.54, 1.807) is 0 Å². The van der Waals surface area contributed by atoms with Crippen LogP contribution in [0.15, 0.2) is 36.5 Å². The molecule has 0 unspecified atom stereocenters. The summed E-state index contributed by atoms with van der Waals surface area (Å²) in [4.78, 5) is 13.6. The van der Waals surface area contributed by atoms with Gasteiger partial charge in [-0.05, 0) is 24.3 Å². The predicted molar refractivity (Wildman–Crippen MR) is 61.1 cm³/mol. The first-order chi connectivity index (χ1) is 9.40. The lowest BCUT2D eigenvalue weighted by molar-refractivity contribution is -0.141. The van der Waals surface area contributed by atoms with Gasteiger partial charge in [-0.3, -0.25) is 4.79 Å². The topological polar surface area (TPSA) is 39.2 Å². The fourth-order valence-corrected chi connectivity index (χ4v) is 1.41. The van der Waals surface area contributed by atoms with Crippen LogP contribution in [0.2, 0.25) is 0 Å². The molecule has 7 heteroatoms. The van der Waals surface area contributed by atoms with Crippen molar-refractivity contribution < 1.29 is 27.1 Å². The van der Waals surface area contributed by atoms with Gasteiger partial charge in [-0.1, -0.05) is 0 Å². The van der Waals surface area contributed by atoms with Gasteiger partial charge in [0.25, 0.3) is 0 Å². The average Bonchev–Trinajstić information content (AvgIpc) is 2.38. The summed E-state index contributed by atoms with van der Waals surface area (Å²) >= 11 is 0. The van der Waals surface area contributed by atoms with Gasteiger partial charge in [-0.25, -0.2) is 9.37 Å². The van der Waals surface area contributed by atoms with Crippen LogP contribution in [0.3, 0.4) is 0 Å². The first-order valence-corrected chi connectivity index (χ1v) is 5.36. The fourth-order valence-electron chi connectivity index (χ4n) is 1.41. The molecule has 2 aromatic rings. The molecule has 0 radical (unpaired) electrons. The number of carbonyl (C=O) groups excluding carboxylic acids is 1. The third kappa shape index (κ3) is 3.11. The summed E-state index contributed by atoms with van der Waals surface area (Å²) in [6.07, 6.45) is -3.30. The number of carbonyl (C=O) groups is 1. The smallest absolute Gasteiger partial charge is 0.433 e. The van der Waals surface area contributed by atoms with Gasteiger partial charge in [0.2, 0.25) is 0 Å². The van der Waals surface area contributed by atoms with E-state index in [2.05, 4.69) is 4.98 Å². The SMILES string of the molecule is O=Cc1ccc(Oc2ccc(C(F)(F)F)nc2)cc1F. The van der Waals surface area contributed by atoms with E-state index >= 15 is 0 Å². The Morgan fingerprint density at radius 3 is 2.30 bits per heavy atom. The number of ether oxygens (including phenoxy) is 1. The molecule has 0 aliphatic carbocycles. The molecule has 0 N–H and O–H groups in total. The zero-order valence-corrected chi connectivity index (χ0v) is 9.82. The molecule has 104 valence electrons. The number of nitrogens with zero attached hydrogens (tertiary/aromatic N) is 1. The van der Waals surface area contributed by atoms with Crippen LogP contribution in [0.4, 0.5) is 17.6 Å². The number of pyridine rings is 1. The van der Waals surface area contributed by atoms with Crippen molar-refractivity contribution >= 4 is 6.29 Å². The molecule has 1 heterocycles. The van der Waals surface area contributed by atoms with Crippen LogP contribution in [-0.2, 0) is 6.18 Å². The zero-order chi connectivity index (χ0) is 14.8. The van der Waals surface area contributed by atoms with Crippen molar-refractivity contribution in [3.05, 3.63) is 53.6 Å². The van der Waals surface area contributed by atoms with Gasteiger partial charge in [0, 0.05) is 6.07 Å². The van der Waals surface area contributed by atoms with Crippen LogP contribution >= 0.6 is 0 Å². The lowest BCUT2D eigenvalue weighted by Crippen LogP contribution is -2.07. The van der Waals surface area contributed by atoms with Gasteiger partial charge in [0.05, 0.1) is 11.8 Å².